The fraction of sp³-hybridized carbons (Fsp3) is 0.857. The van der Waals surface area contributed by atoms with Crippen molar-refractivity contribution in [3.05, 3.63) is 0 Å². The Balaban J connectivity index is 0.00000242. The molecule has 0 bridgehead atoms. The van der Waals surface area contributed by atoms with E-state index in [9.17, 15) is 14.7 Å². The summed E-state index contributed by atoms with van der Waals surface area (Å²) in [5.41, 5.74) is 0. The number of nitrogens with zero attached hydrogens (tertiary/aromatic N) is 1. The van der Waals surface area contributed by atoms with Gasteiger partial charge in [0.05, 0.1) is 17.6 Å². The second kappa shape index (κ2) is 10.3. The van der Waals surface area contributed by atoms with Crippen molar-refractivity contribution in [2.75, 3.05) is 44.2 Å². The molecule has 2 aliphatic rings. The number of halogens is 1. The SMILES string of the molecule is Cl.O=C(CSCC(=O)N1CCCCC1)NCC1CNCC1O. The molecular weight excluding hydrogens is 326 g/mol. The van der Waals surface area contributed by atoms with E-state index in [4.69, 9.17) is 0 Å². The van der Waals surface area contributed by atoms with Crippen molar-refractivity contribution < 1.29 is 14.7 Å². The maximum Gasteiger partial charge on any atom is 0.232 e. The van der Waals surface area contributed by atoms with Crippen LogP contribution in [0.2, 0.25) is 0 Å². The van der Waals surface area contributed by atoms with Crippen molar-refractivity contribution in [2.45, 2.75) is 25.4 Å². The summed E-state index contributed by atoms with van der Waals surface area (Å²) in [6, 6.07) is 0. The number of aliphatic hydroxyl groups excluding tert-OH is 1. The standard InChI is InChI=1S/C14H25N3O3S.ClH/c18-12-8-15-6-11(12)7-16-13(19)9-21-10-14(20)17-4-2-1-3-5-17;/h11-12,15,18H,1-10H2,(H,16,19);1H. The van der Waals surface area contributed by atoms with Gasteiger partial charge in [0.2, 0.25) is 11.8 Å². The highest BCUT2D eigenvalue weighted by Crippen LogP contribution is 2.11. The maximum absolute atomic E-state index is 11.9. The third-order valence-corrected chi connectivity index (χ3v) is 4.95. The van der Waals surface area contributed by atoms with Gasteiger partial charge in [0.1, 0.15) is 0 Å². The lowest BCUT2D eigenvalue weighted by atomic mass is 10.1. The van der Waals surface area contributed by atoms with Crippen LogP contribution in [0.3, 0.4) is 0 Å². The van der Waals surface area contributed by atoms with Gasteiger partial charge in [0.25, 0.3) is 0 Å². The summed E-state index contributed by atoms with van der Waals surface area (Å²) in [5, 5.41) is 15.5. The topological polar surface area (TPSA) is 81.7 Å². The molecule has 8 heteroatoms. The molecule has 0 aromatic heterocycles. The molecule has 0 aliphatic carbocycles. The van der Waals surface area contributed by atoms with Gasteiger partial charge in [-0.2, -0.15) is 0 Å². The first-order valence-electron chi connectivity index (χ1n) is 7.68. The minimum absolute atomic E-state index is 0. The Hall–Kier alpha value is -0.500. The largest absolute Gasteiger partial charge is 0.391 e. The molecule has 0 saturated carbocycles. The Labute approximate surface area is 142 Å². The van der Waals surface area contributed by atoms with Gasteiger partial charge in [0, 0.05) is 38.6 Å². The van der Waals surface area contributed by atoms with E-state index < -0.39 is 0 Å². The van der Waals surface area contributed by atoms with Crippen LogP contribution in [0, 0.1) is 5.92 Å². The van der Waals surface area contributed by atoms with Crippen molar-refractivity contribution in [2.24, 2.45) is 5.92 Å². The fourth-order valence-electron chi connectivity index (χ4n) is 2.69. The average molecular weight is 352 g/mol. The maximum atomic E-state index is 11.9. The van der Waals surface area contributed by atoms with Gasteiger partial charge < -0.3 is 20.6 Å². The number of rotatable bonds is 6. The van der Waals surface area contributed by atoms with Crippen LogP contribution in [0.4, 0.5) is 0 Å². The fourth-order valence-corrected chi connectivity index (χ4v) is 3.44. The van der Waals surface area contributed by atoms with Gasteiger partial charge in [-0.3, -0.25) is 9.59 Å². The van der Waals surface area contributed by atoms with Gasteiger partial charge in [-0.1, -0.05) is 0 Å². The van der Waals surface area contributed by atoms with Crippen molar-refractivity contribution in [3.8, 4) is 0 Å². The molecule has 2 amide bonds. The lowest BCUT2D eigenvalue weighted by Gasteiger charge is -2.26. The number of hydrogen-bond donors (Lipinski definition) is 3. The number of β-amino-alcohol motifs (C(OH)–C–C–N with tert-alkyl or cyclic N) is 1. The average Bonchev–Trinajstić information content (AvgIpc) is 2.91. The second-order valence-electron chi connectivity index (χ2n) is 5.72. The summed E-state index contributed by atoms with van der Waals surface area (Å²) >= 11 is 1.37. The number of thioether (sulfide) groups is 1. The summed E-state index contributed by atoms with van der Waals surface area (Å²) < 4.78 is 0. The molecule has 2 atom stereocenters. The van der Waals surface area contributed by atoms with Gasteiger partial charge >= 0.3 is 0 Å². The van der Waals surface area contributed by atoms with Crippen molar-refractivity contribution >= 4 is 36.0 Å². The van der Waals surface area contributed by atoms with Gasteiger partial charge in [0.15, 0.2) is 0 Å². The Morgan fingerprint density at radius 1 is 1.18 bits per heavy atom. The van der Waals surface area contributed by atoms with Crippen LogP contribution in [-0.2, 0) is 9.59 Å². The van der Waals surface area contributed by atoms with Crippen LogP contribution in [0.1, 0.15) is 19.3 Å². The predicted octanol–water partition coefficient (Wildman–Crippen LogP) is -0.150. The number of likely N-dealkylation sites (tertiary alicyclic amines) is 1. The van der Waals surface area contributed by atoms with Crippen LogP contribution >= 0.6 is 24.2 Å². The molecule has 128 valence electrons. The molecule has 0 aromatic rings. The zero-order valence-electron chi connectivity index (χ0n) is 12.8. The molecule has 2 fully saturated rings. The van der Waals surface area contributed by atoms with E-state index in [1.54, 1.807) is 0 Å². The smallest absolute Gasteiger partial charge is 0.232 e. The molecule has 2 rings (SSSR count). The summed E-state index contributed by atoms with van der Waals surface area (Å²) in [6.07, 6.45) is 3.02. The highest BCUT2D eigenvalue weighted by molar-refractivity contribution is 8.00. The van der Waals surface area contributed by atoms with Crippen molar-refractivity contribution in [1.82, 2.24) is 15.5 Å². The van der Waals surface area contributed by atoms with Gasteiger partial charge in [-0.05, 0) is 19.3 Å². The molecular formula is C14H26ClN3O3S. The predicted molar refractivity (Wildman–Crippen MR) is 90.4 cm³/mol. The Bertz CT molecular complexity index is 367. The third-order valence-electron chi connectivity index (χ3n) is 4.03. The van der Waals surface area contributed by atoms with Crippen molar-refractivity contribution in [3.63, 3.8) is 0 Å². The van der Waals surface area contributed by atoms with Crippen LogP contribution in [0.5, 0.6) is 0 Å². The molecule has 3 N–H and O–H groups in total. The molecule has 2 aliphatic heterocycles. The van der Waals surface area contributed by atoms with Crippen LogP contribution in [-0.4, -0.2) is 72.2 Å². The molecule has 2 saturated heterocycles. The molecule has 0 aromatic carbocycles. The molecule has 2 heterocycles. The first-order valence-corrected chi connectivity index (χ1v) is 8.83. The number of amides is 2. The minimum Gasteiger partial charge on any atom is -0.391 e. The van der Waals surface area contributed by atoms with E-state index >= 15 is 0 Å². The van der Waals surface area contributed by atoms with Crippen molar-refractivity contribution in [1.29, 1.82) is 0 Å². The highest BCUT2D eigenvalue weighted by Gasteiger charge is 2.25. The molecule has 0 radical (unpaired) electrons. The first-order chi connectivity index (χ1) is 10.2. The van der Waals surface area contributed by atoms with E-state index in [0.29, 0.717) is 24.6 Å². The Morgan fingerprint density at radius 2 is 1.91 bits per heavy atom. The lowest BCUT2D eigenvalue weighted by molar-refractivity contribution is -0.129. The lowest BCUT2D eigenvalue weighted by Crippen LogP contribution is -2.37. The summed E-state index contributed by atoms with van der Waals surface area (Å²) in [6.45, 7) is 3.55. The second-order valence-corrected chi connectivity index (χ2v) is 6.71. The first kappa shape index (κ1) is 19.5. The number of carbonyl (C=O) groups excluding carboxylic acids is 2. The number of carbonyl (C=O) groups is 2. The van der Waals surface area contributed by atoms with E-state index in [-0.39, 0.29) is 36.2 Å². The number of aliphatic hydroxyl groups is 1. The van der Waals surface area contributed by atoms with E-state index in [1.807, 2.05) is 4.90 Å². The number of hydrogen-bond acceptors (Lipinski definition) is 5. The Morgan fingerprint density at radius 3 is 2.55 bits per heavy atom. The van der Waals surface area contributed by atoms with Crippen LogP contribution < -0.4 is 10.6 Å². The van der Waals surface area contributed by atoms with Crippen LogP contribution in [0.15, 0.2) is 0 Å². The third kappa shape index (κ3) is 6.32. The monoisotopic (exact) mass is 351 g/mol. The normalized spacial score (nSPS) is 24.7. The Kier molecular flexibility index (Phi) is 9.16. The molecule has 6 nitrogen and oxygen atoms in total. The van der Waals surface area contributed by atoms with Crippen LogP contribution in [0.25, 0.3) is 0 Å². The molecule has 0 spiro atoms. The highest BCUT2D eigenvalue weighted by atomic mass is 35.5. The zero-order valence-corrected chi connectivity index (χ0v) is 14.4. The molecule has 2 unspecified atom stereocenters. The minimum atomic E-state index is -0.376. The van der Waals surface area contributed by atoms with Gasteiger partial charge in [-0.25, -0.2) is 0 Å². The van der Waals surface area contributed by atoms with E-state index in [0.717, 1.165) is 32.5 Å². The zero-order chi connectivity index (χ0) is 15.1. The van der Waals surface area contributed by atoms with Gasteiger partial charge in [-0.15, -0.1) is 24.2 Å². The number of piperidine rings is 1. The number of nitrogens with one attached hydrogen (secondary N) is 2. The van der Waals surface area contributed by atoms with E-state index in [1.165, 1.54) is 18.2 Å². The summed E-state index contributed by atoms with van der Waals surface area (Å²) in [7, 11) is 0. The summed E-state index contributed by atoms with van der Waals surface area (Å²) in [4.78, 5) is 25.5. The quantitative estimate of drug-likeness (QED) is 0.620. The molecule has 22 heavy (non-hydrogen) atoms. The summed E-state index contributed by atoms with van der Waals surface area (Å²) in [5.74, 6) is 0.846. The van der Waals surface area contributed by atoms with E-state index in [2.05, 4.69) is 10.6 Å².